The summed E-state index contributed by atoms with van der Waals surface area (Å²) in [6, 6.07) is 8.86. The highest BCUT2D eigenvalue weighted by atomic mass is 35.5. The number of rotatable bonds is 8. The van der Waals surface area contributed by atoms with Crippen LogP contribution in [0.4, 0.5) is 5.69 Å². The normalized spacial score (nSPS) is 10.8. The van der Waals surface area contributed by atoms with E-state index in [9.17, 15) is 0 Å². The molecule has 0 saturated carbocycles. The van der Waals surface area contributed by atoms with Crippen LogP contribution in [0.2, 0.25) is 0 Å². The van der Waals surface area contributed by atoms with E-state index in [1.165, 1.54) is 29.1 Å². The lowest BCUT2D eigenvalue weighted by Gasteiger charge is -2.19. The molecule has 1 aromatic carbocycles. The molecule has 0 atom stereocenters. The number of aromatic nitrogens is 1. The highest BCUT2D eigenvalue weighted by Gasteiger charge is 2.03. The molecule has 0 aliphatic heterocycles. The molecule has 2 aromatic rings. The molecule has 4 heteroatoms. The van der Waals surface area contributed by atoms with Gasteiger partial charge in [0.25, 0.3) is 0 Å². The molecular weight excluding hydrogens is 300 g/mol. The summed E-state index contributed by atoms with van der Waals surface area (Å²) >= 11 is 7.49. The summed E-state index contributed by atoms with van der Waals surface area (Å²) in [5.41, 5.74) is 3.70. The molecule has 0 aliphatic carbocycles. The first-order valence-electron chi connectivity index (χ1n) is 7.52. The van der Waals surface area contributed by atoms with Crippen molar-refractivity contribution in [1.29, 1.82) is 0 Å². The number of halogens is 1. The molecule has 0 unspecified atom stereocenters. The second-order valence-electron chi connectivity index (χ2n) is 5.26. The third kappa shape index (κ3) is 5.01. The van der Waals surface area contributed by atoms with Crippen molar-refractivity contribution in [2.24, 2.45) is 0 Å². The smallest absolute Gasteiger partial charge is 0.0928 e. The number of aryl methyl sites for hydroxylation is 2. The van der Waals surface area contributed by atoms with Gasteiger partial charge >= 0.3 is 0 Å². The predicted molar refractivity (Wildman–Crippen MR) is 93.7 cm³/mol. The Morgan fingerprint density at radius 1 is 1.19 bits per heavy atom. The fourth-order valence-corrected chi connectivity index (χ4v) is 3.33. The Labute approximate surface area is 136 Å². The van der Waals surface area contributed by atoms with Crippen LogP contribution in [0.15, 0.2) is 29.6 Å². The summed E-state index contributed by atoms with van der Waals surface area (Å²) in [5, 5.41) is 3.27. The molecule has 0 saturated heterocycles. The molecule has 2 rings (SSSR count). The first kappa shape index (κ1) is 16.3. The number of thiazole rings is 1. The minimum atomic E-state index is 0.521. The second kappa shape index (κ2) is 8.40. The summed E-state index contributed by atoms with van der Waals surface area (Å²) in [5.74, 6) is 0.521. The Kier molecular flexibility index (Phi) is 6.52. The van der Waals surface area contributed by atoms with Crippen LogP contribution in [-0.4, -0.2) is 18.6 Å². The van der Waals surface area contributed by atoms with Crippen LogP contribution in [-0.2, 0) is 18.7 Å². The zero-order valence-electron chi connectivity index (χ0n) is 12.8. The van der Waals surface area contributed by atoms with Crippen molar-refractivity contribution in [3.05, 3.63) is 45.9 Å². The molecule has 21 heavy (non-hydrogen) atoms. The van der Waals surface area contributed by atoms with E-state index < -0.39 is 0 Å². The van der Waals surface area contributed by atoms with Gasteiger partial charge < -0.3 is 4.90 Å². The van der Waals surface area contributed by atoms with Crippen molar-refractivity contribution in [2.75, 3.05) is 18.5 Å². The maximum absolute atomic E-state index is 5.77. The molecule has 1 heterocycles. The van der Waals surface area contributed by atoms with Gasteiger partial charge in [0, 0.05) is 24.7 Å². The lowest BCUT2D eigenvalue weighted by molar-refractivity contribution is 0.716. The topological polar surface area (TPSA) is 16.1 Å². The summed E-state index contributed by atoms with van der Waals surface area (Å²) in [7, 11) is 2.16. The van der Waals surface area contributed by atoms with Crippen LogP contribution >= 0.6 is 22.9 Å². The molecule has 0 N–H and O–H groups in total. The van der Waals surface area contributed by atoms with E-state index in [-0.39, 0.29) is 0 Å². The predicted octanol–water partition coefficient (Wildman–Crippen LogP) is 4.90. The van der Waals surface area contributed by atoms with Gasteiger partial charge in [-0.3, -0.25) is 0 Å². The van der Waals surface area contributed by atoms with Crippen molar-refractivity contribution in [1.82, 2.24) is 4.98 Å². The van der Waals surface area contributed by atoms with Crippen molar-refractivity contribution in [2.45, 2.75) is 38.5 Å². The van der Waals surface area contributed by atoms with E-state index >= 15 is 0 Å². The third-order valence-corrected chi connectivity index (χ3v) is 4.89. The van der Waals surface area contributed by atoms with Crippen LogP contribution < -0.4 is 4.90 Å². The zero-order valence-corrected chi connectivity index (χ0v) is 14.4. The maximum Gasteiger partial charge on any atom is 0.0928 e. The molecule has 114 valence electrons. The highest BCUT2D eigenvalue weighted by molar-refractivity contribution is 7.09. The lowest BCUT2D eigenvalue weighted by Crippen LogP contribution is -2.18. The lowest BCUT2D eigenvalue weighted by atomic mass is 10.1. The largest absolute Gasteiger partial charge is 0.375 e. The summed E-state index contributed by atoms with van der Waals surface area (Å²) in [4.78, 5) is 6.82. The van der Waals surface area contributed by atoms with Crippen LogP contribution in [0.3, 0.4) is 0 Å². The highest BCUT2D eigenvalue weighted by Crippen LogP contribution is 2.17. The number of alkyl halides is 1. The van der Waals surface area contributed by atoms with Gasteiger partial charge in [0.2, 0.25) is 0 Å². The molecule has 0 spiro atoms. The average Bonchev–Trinajstić information content (AvgIpc) is 2.99. The first-order chi connectivity index (χ1) is 10.2. The zero-order chi connectivity index (χ0) is 15.1. The van der Waals surface area contributed by atoms with E-state index in [1.807, 2.05) is 0 Å². The Morgan fingerprint density at radius 2 is 1.95 bits per heavy atom. The van der Waals surface area contributed by atoms with Crippen molar-refractivity contribution in [3.8, 4) is 0 Å². The van der Waals surface area contributed by atoms with E-state index in [1.54, 1.807) is 11.3 Å². The van der Waals surface area contributed by atoms with E-state index in [0.717, 1.165) is 25.1 Å². The van der Waals surface area contributed by atoms with Crippen molar-refractivity contribution >= 4 is 28.6 Å². The van der Waals surface area contributed by atoms with Crippen LogP contribution in [0, 0.1) is 0 Å². The summed E-state index contributed by atoms with van der Waals surface area (Å²) < 4.78 is 0. The summed E-state index contributed by atoms with van der Waals surface area (Å²) in [6.45, 7) is 3.27. The molecule has 0 aliphatic rings. The van der Waals surface area contributed by atoms with Crippen LogP contribution in [0.1, 0.15) is 36.0 Å². The number of hydrogen-bond donors (Lipinski definition) is 0. The number of unbranched alkanes of at least 4 members (excludes halogenated alkanes) is 1. The SMILES string of the molecule is CCc1ccc(N(C)CCCCc2nc(CCl)cs2)cc1. The Morgan fingerprint density at radius 3 is 2.57 bits per heavy atom. The minimum Gasteiger partial charge on any atom is -0.375 e. The third-order valence-electron chi connectivity index (χ3n) is 3.66. The number of anilines is 1. The van der Waals surface area contributed by atoms with Gasteiger partial charge in [-0.05, 0) is 43.4 Å². The second-order valence-corrected chi connectivity index (χ2v) is 6.47. The minimum absolute atomic E-state index is 0.521. The average molecular weight is 323 g/mol. The standard InChI is InChI=1S/C17H23ClN2S/c1-3-14-7-9-16(10-8-14)20(2)11-5-4-6-17-19-15(12-18)13-21-17/h7-10,13H,3-6,11-12H2,1-2H3. The Bertz CT molecular complexity index is 536. The Balaban J connectivity index is 1.72. The fourth-order valence-electron chi connectivity index (χ4n) is 2.27. The molecular formula is C17H23ClN2S. The molecule has 0 bridgehead atoms. The molecule has 0 amide bonds. The molecule has 0 radical (unpaired) electrons. The first-order valence-corrected chi connectivity index (χ1v) is 8.93. The van der Waals surface area contributed by atoms with Gasteiger partial charge in [-0.1, -0.05) is 19.1 Å². The number of nitrogens with zero attached hydrogens (tertiary/aromatic N) is 2. The van der Waals surface area contributed by atoms with E-state index in [2.05, 4.69) is 53.5 Å². The monoisotopic (exact) mass is 322 g/mol. The van der Waals surface area contributed by atoms with Gasteiger partial charge in [0.05, 0.1) is 16.6 Å². The molecule has 1 aromatic heterocycles. The maximum atomic E-state index is 5.77. The van der Waals surface area contributed by atoms with Gasteiger partial charge in [0.1, 0.15) is 0 Å². The van der Waals surface area contributed by atoms with Gasteiger partial charge in [-0.25, -0.2) is 4.98 Å². The van der Waals surface area contributed by atoms with Crippen molar-refractivity contribution < 1.29 is 0 Å². The molecule has 2 nitrogen and oxygen atoms in total. The van der Waals surface area contributed by atoms with Gasteiger partial charge in [0.15, 0.2) is 0 Å². The fraction of sp³-hybridized carbons (Fsp3) is 0.471. The van der Waals surface area contributed by atoms with E-state index in [0.29, 0.717) is 5.88 Å². The number of hydrogen-bond acceptors (Lipinski definition) is 3. The van der Waals surface area contributed by atoms with Gasteiger partial charge in [-0.2, -0.15) is 0 Å². The van der Waals surface area contributed by atoms with Crippen LogP contribution in [0.25, 0.3) is 0 Å². The Hall–Kier alpha value is -1.06. The van der Waals surface area contributed by atoms with Crippen molar-refractivity contribution in [3.63, 3.8) is 0 Å². The quantitative estimate of drug-likeness (QED) is 0.507. The van der Waals surface area contributed by atoms with Crippen LogP contribution in [0.5, 0.6) is 0 Å². The number of benzene rings is 1. The van der Waals surface area contributed by atoms with Gasteiger partial charge in [-0.15, -0.1) is 22.9 Å². The molecule has 0 fully saturated rings. The van der Waals surface area contributed by atoms with E-state index in [4.69, 9.17) is 11.6 Å². The summed E-state index contributed by atoms with van der Waals surface area (Å²) in [6.07, 6.45) is 4.51.